The standard InChI is InChI=1S/C19H26N4O2/c1-21(2)11-16-12-22-9-8-20-18(22)14-23(13-16)19(24)10-15-4-6-17(25-3)7-5-15/h4-9,16H,10-14H2,1-3H3/t16-/m0/s1. The zero-order valence-corrected chi connectivity index (χ0v) is 15.2. The molecule has 0 saturated carbocycles. The van der Waals surface area contributed by atoms with E-state index in [1.807, 2.05) is 41.6 Å². The topological polar surface area (TPSA) is 50.6 Å². The molecule has 3 rings (SSSR count). The Morgan fingerprint density at radius 2 is 2.04 bits per heavy atom. The monoisotopic (exact) mass is 342 g/mol. The highest BCUT2D eigenvalue weighted by atomic mass is 16.5. The van der Waals surface area contributed by atoms with Crippen LogP contribution < -0.4 is 4.74 Å². The van der Waals surface area contributed by atoms with Crippen molar-refractivity contribution in [2.75, 3.05) is 34.3 Å². The fourth-order valence-electron chi connectivity index (χ4n) is 3.39. The van der Waals surface area contributed by atoms with E-state index in [0.29, 0.717) is 18.9 Å². The zero-order valence-electron chi connectivity index (χ0n) is 15.2. The number of benzene rings is 1. The van der Waals surface area contributed by atoms with Gasteiger partial charge in [0.15, 0.2) is 0 Å². The molecule has 0 radical (unpaired) electrons. The lowest BCUT2D eigenvalue weighted by atomic mass is 10.1. The van der Waals surface area contributed by atoms with Crippen LogP contribution in [0.5, 0.6) is 5.75 Å². The van der Waals surface area contributed by atoms with Crippen molar-refractivity contribution in [3.8, 4) is 5.75 Å². The normalized spacial score (nSPS) is 17.3. The predicted molar refractivity (Wildman–Crippen MR) is 96.4 cm³/mol. The van der Waals surface area contributed by atoms with E-state index in [1.54, 1.807) is 7.11 Å². The number of hydrogen-bond acceptors (Lipinski definition) is 4. The van der Waals surface area contributed by atoms with Gasteiger partial charge >= 0.3 is 0 Å². The number of nitrogens with zero attached hydrogens (tertiary/aromatic N) is 4. The number of hydrogen-bond donors (Lipinski definition) is 0. The minimum absolute atomic E-state index is 0.144. The van der Waals surface area contributed by atoms with Crippen LogP contribution in [0.15, 0.2) is 36.7 Å². The van der Waals surface area contributed by atoms with Crippen LogP contribution >= 0.6 is 0 Å². The van der Waals surface area contributed by atoms with Crippen LogP contribution in [-0.4, -0.2) is 59.6 Å². The van der Waals surface area contributed by atoms with Crippen LogP contribution in [0, 0.1) is 5.92 Å². The van der Waals surface area contributed by atoms with E-state index in [-0.39, 0.29) is 5.91 Å². The highest BCUT2D eigenvalue weighted by Gasteiger charge is 2.26. The second kappa shape index (κ2) is 7.70. The summed E-state index contributed by atoms with van der Waals surface area (Å²) in [6.45, 7) is 3.19. The molecule has 1 aliphatic rings. The van der Waals surface area contributed by atoms with Crippen LogP contribution in [0.25, 0.3) is 0 Å². The molecule has 0 bridgehead atoms. The first-order valence-corrected chi connectivity index (χ1v) is 8.60. The van der Waals surface area contributed by atoms with Crippen molar-refractivity contribution >= 4 is 5.91 Å². The number of amides is 1. The molecule has 0 spiro atoms. The molecule has 1 aromatic heterocycles. The van der Waals surface area contributed by atoms with Gasteiger partial charge < -0.3 is 19.1 Å². The minimum atomic E-state index is 0.144. The first kappa shape index (κ1) is 17.5. The van der Waals surface area contributed by atoms with E-state index < -0.39 is 0 Å². The summed E-state index contributed by atoms with van der Waals surface area (Å²) in [6, 6.07) is 7.69. The van der Waals surface area contributed by atoms with Crippen molar-refractivity contribution in [3.63, 3.8) is 0 Å². The summed E-state index contributed by atoms with van der Waals surface area (Å²) in [5, 5.41) is 0. The Morgan fingerprint density at radius 3 is 2.72 bits per heavy atom. The van der Waals surface area contributed by atoms with Gasteiger partial charge in [0.25, 0.3) is 0 Å². The molecule has 0 saturated heterocycles. The average molecular weight is 342 g/mol. The molecule has 6 heteroatoms. The summed E-state index contributed by atoms with van der Waals surface area (Å²) in [5.41, 5.74) is 1.00. The van der Waals surface area contributed by atoms with Gasteiger partial charge in [0, 0.05) is 37.9 Å². The van der Waals surface area contributed by atoms with E-state index in [9.17, 15) is 4.79 Å². The Bertz CT molecular complexity index is 708. The SMILES string of the molecule is COc1ccc(CC(=O)N2Cc3nccn3C[C@H](CN(C)C)C2)cc1. The van der Waals surface area contributed by atoms with Crippen molar-refractivity contribution in [2.45, 2.75) is 19.5 Å². The summed E-state index contributed by atoms with van der Waals surface area (Å²) < 4.78 is 7.35. The smallest absolute Gasteiger partial charge is 0.227 e. The quantitative estimate of drug-likeness (QED) is 0.829. The molecule has 1 aliphatic heterocycles. The summed E-state index contributed by atoms with van der Waals surface area (Å²) in [6.07, 6.45) is 4.23. The molecular formula is C19H26N4O2. The second-order valence-corrected chi connectivity index (χ2v) is 6.92. The Kier molecular flexibility index (Phi) is 5.38. The number of fused-ring (bicyclic) bond motifs is 1. The lowest BCUT2D eigenvalue weighted by molar-refractivity contribution is -0.131. The molecular weight excluding hydrogens is 316 g/mol. The number of carbonyl (C=O) groups is 1. The molecule has 25 heavy (non-hydrogen) atoms. The average Bonchev–Trinajstić information content (AvgIpc) is 2.93. The maximum atomic E-state index is 12.9. The molecule has 0 fully saturated rings. The molecule has 1 aromatic carbocycles. The van der Waals surface area contributed by atoms with Gasteiger partial charge in [0.05, 0.1) is 20.1 Å². The molecule has 1 amide bonds. The summed E-state index contributed by atoms with van der Waals surface area (Å²) in [5.74, 6) is 2.30. The third-order valence-corrected chi connectivity index (χ3v) is 4.56. The van der Waals surface area contributed by atoms with Crippen molar-refractivity contribution in [1.29, 1.82) is 0 Å². The van der Waals surface area contributed by atoms with E-state index in [4.69, 9.17) is 4.74 Å². The van der Waals surface area contributed by atoms with Crippen molar-refractivity contribution in [2.24, 2.45) is 5.92 Å². The number of ether oxygens (including phenoxy) is 1. The lowest BCUT2D eigenvalue weighted by Crippen LogP contribution is -2.38. The van der Waals surface area contributed by atoms with Crippen LogP contribution in [0.1, 0.15) is 11.4 Å². The molecule has 134 valence electrons. The van der Waals surface area contributed by atoms with Crippen LogP contribution in [-0.2, 0) is 24.3 Å². The fraction of sp³-hybridized carbons (Fsp3) is 0.474. The number of rotatable bonds is 5. The first-order valence-electron chi connectivity index (χ1n) is 8.60. The molecule has 1 atom stereocenters. The Morgan fingerprint density at radius 1 is 1.28 bits per heavy atom. The maximum Gasteiger partial charge on any atom is 0.227 e. The molecule has 6 nitrogen and oxygen atoms in total. The third kappa shape index (κ3) is 4.39. The largest absolute Gasteiger partial charge is 0.497 e. The van der Waals surface area contributed by atoms with E-state index in [2.05, 4.69) is 28.5 Å². The van der Waals surface area contributed by atoms with Gasteiger partial charge in [-0.25, -0.2) is 4.98 Å². The highest BCUT2D eigenvalue weighted by Crippen LogP contribution is 2.18. The summed E-state index contributed by atoms with van der Waals surface area (Å²) in [7, 11) is 5.79. The predicted octanol–water partition coefficient (Wildman–Crippen LogP) is 1.65. The van der Waals surface area contributed by atoms with E-state index in [1.165, 1.54) is 0 Å². The van der Waals surface area contributed by atoms with Crippen LogP contribution in [0.2, 0.25) is 0 Å². The molecule has 2 heterocycles. The Hall–Kier alpha value is -2.34. The number of carbonyl (C=O) groups excluding carboxylic acids is 1. The van der Waals surface area contributed by atoms with Gasteiger partial charge in [0.2, 0.25) is 5.91 Å². The van der Waals surface area contributed by atoms with Gasteiger partial charge in [0.1, 0.15) is 11.6 Å². The zero-order chi connectivity index (χ0) is 17.8. The van der Waals surface area contributed by atoms with Gasteiger partial charge in [-0.05, 0) is 31.8 Å². The second-order valence-electron chi connectivity index (χ2n) is 6.92. The summed E-state index contributed by atoms with van der Waals surface area (Å²) >= 11 is 0. The molecule has 0 N–H and O–H groups in total. The first-order chi connectivity index (χ1) is 12.0. The van der Waals surface area contributed by atoms with Crippen molar-refractivity contribution in [3.05, 3.63) is 48.0 Å². The third-order valence-electron chi connectivity index (χ3n) is 4.56. The van der Waals surface area contributed by atoms with E-state index >= 15 is 0 Å². The number of aromatic nitrogens is 2. The molecule has 2 aromatic rings. The summed E-state index contributed by atoms with van der Waals surface area (Å²) in [4.78, 5) is 21.4. The molecule has 0 unspecified atom stereocenters. The Balaban J connectivity index is 1.73. The van der Waals surface area contributed by atoms with Crippen molar-refractivity contribution < 1.29 is 9.53 Å². The van der Waals surface area contributed by atoms with Gasteiger partial charge in [-0.2, -0.15) is 0 Å². The lowest BCUT2D eigenvalue weighted by Gasteiger charge is -2.26. The van der Waals surface area contributed by atoms with Gasteiger partial charge in [-0.3, -0.25) is 4.79 Å². The van der Waals surface area contributed by atoms with Gasteiger partial charge in [-0.1, -0.05) is 12.1 Å². The van der Waals surface area contributed by atoms with Crippen LogP contribution in [0.4, 0.5) is 0 Å². The number of imidazole rings is 1. The molecule has 0 aliphatic carbocycles. The number of methoxy groups -OCH3 is 1. The highest BCUT2D eigenvalue weighted by molar-refractivity contribution is 5.78. The fourth-order valence-corrected chi connectivity index (χ4v) is 3.39. The van der Waals surface area contributed by atoms with Crippen LogP contribution in [0.3, 0.4) is 0 Å². The maximum absolute atomic E-state index is 12.9. The van der Waals surface area contributed by atoms with E-state index in [0.717, 1.165) is 36.8 Å². The Labute approximate surface area is 149 Å². The van der Waals surface area contributed by atoms with Crippen molar-refractivity contribution in [1.82, 2.24) is 19.4 Å². The van der Waals surface area contributed by atoms with Gasteiger partial charge in [-0.15, -0.1) is 0 Å². The minimum Gasteiger partial charge on any atom is -0.497 e.